The molecular weight excluding hydrogens is 741 g/mol. The second-order valence-corrected chi connectivity index (χ2v) is 9.60. The Kier molecular flexibility index (Phi) is 15.2. The fourth-order valence-corrected chi connectivity index (χ4v) is 3.26. The number of hydrogen-bond donors (Lipinski definition) is 0. The molecule has 0 aromatic rings. The van der Waals surface area contributed by atoms with E-state index in [1.54, 1.807) is 0 Å². The lowest BCUT2D eigenvalue weighted by molar-refractivity contribution is -0.474. The maximum Gasteiger partial charge on any atom is 0.460 e. The van der Waals surface area contributed by atoms with Gasteiger partial charge >= 0.3 is 59.5 Å². The van der Waals surface area contributed by atoms with E-state index in [1.165, 1.54) is 14.2 Å². The first-order valence-corrected chi connectivity index (χ1v) is 12.6. The number of nitrogens with zero attached hydrogens (tertiary/aromatic N) is 1. The van der Waals surface area contributed by atoms with E-state index >= 15 is 0 Å². The van der Waals surface area contributed by atoms with E-state index < -0.39 is 98.7 Å². The van der Waals surface area contributed by atoms with Gasteiger partial charge in [-0.05, 0) is 0 Å². The Labute approximate surface area is 256 Å². The highest BCUT2D eigenvalue weighted by atomic mass is 19.4. The molecule has 5 nitrogen and oxygen atoms in total. The Hall–Kier alpha value is -1.67. The van der Waals surface area contributed by atoms with Gasteiger partial charge in [0.15, 0.2) is 0 Å². The highest BCUT2D eigenvalue weighted by Crippen LogP contribution is 2.66. The summed E-state index contributed by atoms with van der Waals surface area (Å²) < 4.78 is 304. The SMILES string of the molecule is COCCOCCN(CCOCCOC)CCC(F)(F)C(F)(F)C(F)(F)C(F)(F)C(F)(F)C(F)(F)C(F)(F)C(F)(F)C(F)(F)C(F)(F)F. The van der Waals surface area contributed by atoms with Crippen LogP contribution >= 0.6 is 0 Å². The molecule has 0 bridgehead atoms. The van der Waals surface area contributed by atoms with E-state index in [2.05, 4.69) is 9.47 Å². The molecule has 0 aromatic carbocycles. The first kappa shape index (κ1) is 46.3. The van der Waals surface area contributed by atoms with Crippen LogP contribution in [-0.2, 0) is 18.9 Å². The van der Waals surface area contributed by atoms with Crippen molar-refractivity contribution in [2.45, 2.75) is 65.9 Å². The second-order valence-electron chi connectivity index (χ2n) is 9.60. The van der Waals surface area contributed by atoms with Gasteiger partial charge in [-0.15, -0.1) is 0 Å². The van der Waals surface area contributed by atoms with Gasteiger partial charge in [-0.2, -0.15) is 92.2 Å². The van der Waals surface area contributed by atoms with Gasteiger partial charge in [-0.3, -0.25) is 4.90 Å². The van der Waals surface area contributed by atoms with Crippen molar-refractivity contribution in [3.05, 3.63) is 0 Å². The topological polar surface area (TPSA) is 40.2 Å². The van der Waals surface area contributed by atoms with Crippen molar-refractivity contribution in [2.75, 3.05) is 73.5 Å². The van der Waals surface area contributed by atoms with E-state index in [4.69, 9.17) is 9.47 Å². The molecule has 26 heteroatoms. The van der Waals surface area contributed by atoms with Crippen LogP contribution in [0.5, 0.6) is 0 Å². The van der Waals surface area contributed by atoms with Crippen molar-refractivity contribution in [1.29, 1.82) is 0 Å². The van der Waals surface area contributed by atoms with Crippen molar-refractivity contribution in [2.24, 2.45) is 0 Å². The molecule has 0 rings (SSSR count). The first-order valence-electron chi connectivity index (χ1n) is 12.6. The molecule has 0 heterocycles. The summed E-state index contributed by atoms with van der Waals surface area (Å²) in [6.45, 7) is -3.88. The van der Waals surface area contributed by atoms with E-state index in [0.29, 0.717) is 4.90 Å². The predicted molar refractivity (Wildman–Crippen MR) is 117 cm³/mol. The van der Waals surface area contributed by atoms with Gasteiger partial charge in [0.25, 0.3) is 0 Å². The van der Waals surface area contributed by atoms with Gasteiger partial charge in [0.2, 0.25) is 0 Å². The minimum absolute atomic E-state index is 0.0360. The lowest BCUT2D eigenvalue weighted by Crippen LogP contribution is -2.76. The number of ether oxygens (including phenoxy) is 4. The summed E-state index contributed by atoms with van der Waals surface area (Å²) in [5.41, 5.74) is 0. The molecule has 0 atom stereocenters. The summed E-state index contributed by atoms with van der Waals surface area (Å²) >= 11 is 0. The fraction of sp³-hybridized carbons (Fsp3) is 1.00. The van der Waals surface area contributed by atoms with Gasteiger partial charge in [0.05, 0.1) is 39.6 Å². The maximum atomic E-state index is 14.4. The Morgan fingerprint density at radius 2 is 0.646 bits per heavy atom. The van der Waals surface area contributed by atoms with Crippen molar-refractivity contribution in [3.63, 3.8) is 0 Å². The zero-order valence-corrected chi connectivity index (χ0v) is 24.1. The van der Waals surface area contributed by atoms with Gasteiger partial charge < -0.3 is 18.9 Å². The molecule has 290 valence electrons. The molecule has 0 unspecified atom stereocenters. The molecule has 0 aliphatic heterocycles. The Morgan fingerprint density at radius 1 is 0.354 bits per heavy atom. The fourth-order valence-electron chi connectivity index (χ4n) is 3.26. The number of rotatable bonds is 23. The van der Waals surface area contributed by atoms with Crippen LogP contribution < -0.4 is 0 Å². The molecule has 0 aliphatic carbocycles. The van der Waals surface area contributed by atoms with Gasteiger partial charge in [0.1, 0.15) is 0 Å². The first-order chi connectivity index (χ1) is 21.2. The lowest BCUT2D eigenvalue weighted by atomic mass is 9.86. The maximum absolute atomic E-state index is 14.4. The highest BCUT2D eigenvalue weighted by Gasteiger charge is 2.97. The van der Waals surface area contributed by atoms with E-state index in [9.17, 15) is 92.2 Å². The summed E-state index contributed by atoms with van der Waals surface area (Å²) in [6, 6.07) is 0. The number of halogens is 21. The third-order valence-corrected chi connectivity index (χ3v) is 6.29. The van der Waals surface area contributed by atoms with Crippen molar-refractivity contribution >= 4 is 0 Å². The molecule has 0 aromatic heterocycles. The molecule has 0 fully saturated rings. The molecular formula is C22H26F21NO4. The van der Waals surface area contributed by atoms with Crippen LogP contribution in [0.15, 0.2) is 0 Å². The van der Waals surface area contributed by atoms with E-state index in [0.717, 1.165) is 0 Å². The summed E-state index contributed by atoms with van der Waals surface area (Å²) in [5, 5.41) is 0. The Balaban J connectivity index is 6.48. The summed E-state index contributed by atoms with van der Waals surface area (Å²) in [5.74, 6) is -77.1. The molecule has 48 heavy (non-hydrogen) atoms. The predicted octanol–water partition coefficient (Wildman–Crippen LogP) is 7.28. The Morgan fingerprint density at radius 3 is 0.938 bits per heavy atom. The van der Waals surface area contributed by atoms with Gasteiger partial charge in [-0.1, -0.05) is 0 Å². The highest BCUT2D eigenvalue weighted by molar-refractivity contribution is 5.18. The quantitative estimate of drug-likeness (QED) is 0.0808. The monoisotopic (exact) mass is 767 g/mol. The van der Waals surface area contributed by atoms with Crippen LogP contribution in [0.2, 0.25) is 0 Å². The summed E-state index contributed by atoms with van der Waals surface area (Å²) in [4.78, 5) is 0.659. The molecule has 0 spiro atoms. The normalized spacial score (nSPS) is 15.5. The average Bonchev–Trinajstić information content (AvgIpc) is 2.93. The van der Waals surface area contributed by atoms with E-state index in [1.807, 2.05) is 0 Å². The minimum Gasteiger partial charge on any atom is -0.382 e. The van der Waals surface area contributed by atoms with Crippen molar-refractivity contribution in [1.82, 2.24) is 4.90 Å². The largest absolute Gasteiger partial charge is 0.460 e. The summed E-state index contributed by atoms with van der Waals surface area (Å²) in [6.07, 6.45) is -10.7. The third-order valence-electron chi connectivity index (χ3n) is 6.29. The van der Waals surface area contributed by atoms with Crippen molar-refractivity contribution < 1.29 is 111 Å². The lowest BCUT2D eigenvalue weighted by Gasteiger charge is -2.44. The van der Waals surface area contributed by atoms with Crippen LogP contribution in [0.25, 0.3) is 0 Å². The Bertz CT molecular complexity index is 975. The molecule has 0 saturated carbocycles. The molecule has 0 saturated heterocycles. The summed E-state index contributed by atoms with van der Waals surface area (Å²) in [7, 11) is 2.44. The number of hydrogen-bond acceptors (Lipinski definition) is 5. The standard InChI is InChI=1S/C22H26F21NO4/c1-45-9-11-47-7-5-44(6-8-48-12-10-46-2)4-3-13(23,24)14(25,26)15(27,28)16(29,30)17(31,32)18(33,34)19(35,36)20(37,38)21(39,40)22(41,42)43/h3-12H2,1-2H3. The van der Waals surface area contributed by atoms with Gasteiger partial charge in [0, 0.05) is 40.3 Å². The smallest absolute Gasteiger partial charge is 0.382 e. The zero-order valence-electron chi connectivity index (χ0n) is 24.1. The molecule has 0 N–H and O–H groups in total. The molecule has 0 amide bonds. The van der Waals surface area contributed by atoms with Crippen LogP contribution in [0.1, 0.15) is 6.42 Å². The van der Waals surface area contributed by atoms with Crippen LogP contribution in [0.4, 0.5) is 92.2 Å². The van der Waals surface area contributed by atoms with Crippen molar-refractivity contribution in [3.8, 4) is 0 Å². The molecule has 0 aliphatic rings. The number of methoxy groups -OCH3 is 2. The molecule has 0 radical (unpaired) electrons. The van der Waals surface area contributed by atoms with E-state index in [-0.39, 0.29) is 26.4 Å². The third kappa shape index (κ3) is 8.44. The van der Waals surface area contributed by atoms with Crippen LogP contribution in [0, 0.1) is 0 Å². The van der Waals surface area contributed by atoms with Crippen LogP contribution in [0.3, 0.4) is 0 Å². The van der Waals surface area contributed by atoms with Gasteiger partial charge in [-0.25, -0.2) is 0 Å². The van der Waals surface area contributed by atoms with Crippen LogP contribution in [-0.4, -0.2) is 138 Å². The average molecular weight is 767 g/mol. The second kappa shape index (κ2) is 15.7. The minimum atomic E-state index is -9.20. The zero-order chi connectivity index (χ0) is 38.5. The number of alkyl halides is 21.